The lowest BCUT2D eigenvalue weighted by Crippen LogP contribution is -2.57. The molecule has 1 atom stereocenters. The minimum atomic E-state index is 0.115. The van der Waals surface area contributed by atoms with Crippen LogP contribution in [0.15, 0.2) is 50.6 Å². The molecule has 0 aromatic carbocycles. The van der Waals surface area contributed by atoms with E-state index in [1.807, 2.05) is 24.3 Å². The third-order valence-electron chi connectivity index (χ3n) is 3.94. The number of piperidine rings is 1. The Labute approximate surface area is 113 Å². The molecule has 1 unspecified atom stereocenters. The second-order valence-corrected chi connectivity index (χ2v) is 4.98. The molecule has 0 amide bonds. The molecule has 18 heavy (non-hydrogen) atoms. The van der Waals surface area contributed by atoms with Gasteiger partial charge in [0.05, 0.1) is 0 Å². The molecule has 1 aliphatic rings. The van der Waals surface area contributed by atoms with Crippen molar-refractivity contribution in [3.05, 3.63) is 57.0 Å². The van der Waals surface area contributed by atoms with Gasteiger partial charge >= 0.3 is 0 Å². The summed E-state index contributed by atoms with van der Waals surface area (Å²) in [5.74, 6) is 0.528. The maximum Gasteiger partial charge on any atom is 0.0315 e. The Balaban J connectivity index is 3.06. The average Bonchev–Trinajstić information content (AvgIpc) is 2.35. The fraction of sp³-hybridized carbons (Fsp3) is 0.471. The fourth-order valence-electron chi connectivity index (χ4n) is 3.18. The minimum absolute atomic E-state index is 0.115. The van der Waals surface area contributed by atoms with Crippen LogP contribution in [0, 0.1) is 12.3 Å². The topological polar surface area (TPSA) is 3.24 Å². The van der Waals surface area contributed by atoms with Crippen molar-refractivity contribution in [1.82, 2.24) is 4.90 Å². The molecule has 1 heterocycles. The van der Waals surface area contributed by atoms with Crippen molar-refractivity contribution in [3.63, 3.8) is 0 Å². The van der Waals surface area contributed by atoms with E-state index in [4.69, 9.17) is 0 Å². The highest BCUT2D eigenvalue weighted by atomic mass is 15.2. The van der Waals surface area contributed by atoms with Gasteiger partial charge in [0.2, 0.25) is 0 Å². The van der Waals surface area contributed by atoms with Gasteiger partial charge in [-0.3, -0.25) is 4.90 Å². The van der Waals surface area contributed by atoms with Gasteiger partial charge in [0.1, 0.15) is 0 Å². The number of hydrogen-bond donors (Lipinski definition) is 0. The fourth-order valence-corrected chi connectivity index (χ4v) is 3.18. The normalized spacial score (nSPS) is 23.2. The Morgan fingerprint density at radius 3 is 2.22 bits per heavy atom. The molecular formula is C17H26N. The monoisotopic (exact) mass is 244 g/mol. The first-order valence-electron chi connectivity index (χ1n) is 6.77. The predicted octanol–water partition coefficient (Wildman–Crippen LogP) is 4.17. The third-order valence-corrected chi connectivity index (χ3v) is 3.94. The quantitative estimate of drug-likeness (QED) is 0.579. The molecule has 0 saturated carbocycles. The Kier molecular flexibility index (Phi) is 6.14. The van der Waals surface area contributed by atoms with Crippen LogP contribution in [0.5, 0.6) is 0 Å². The molecule has 99 valence electrons. The summed E-state index contributed by atoms with van der Waals surface area (Å²) in [6.45, 7) is 17.7. The van der Waals surface area contributed by atoms with Crippen molar-refractivity contribution in [2.45, 2.75) is 31.2 Å². The Morgan fingerprint density at radius 1 is 1.06 bits per heavy atom. The Hall–Kier alpha value is -1.08. The van der Waals surface area contributed by atoms with E-state index in [2.05, 4.69) is 37.6 Å². The van der Waals surface area contributed by atoms with Crippen molar-refractivity contribution in [3.8, 4) is 0 Å². The first kappa shape index (κ1) is 15.0. The van der Waals surface area contributed by atoms with E-state index < -0.39 is 0 Å². The first-order chi connectivity index (χ1) is 8.75. The number of likely N-dealkylation sites (tertiary alicyclic amines) is 1. The molecule has 0 aromatic heterocycles. The standard InChI is InChI=1S/C17H26N/c1-5-10-16-11-9-15-18(14-8-4)17(16,12-6-2)13-7-3/h5-8,11,16H,1-4,9-10,12-15H2. The van der Waals surface area contributed by atoms with Gasteiger partial charge in [-0.15, -0.1) is 26.3 Å². The van der Waals surface area contributed by atoms with Crippen molar-refractivity contribution in [1.29, 1.82) is 0 Å². The molecule has 1 saturated heterocycles. The van der Waals surface area contributed by atoms with Crippen LogP contribution >= 0.6 is 0 Å². The van der Waals surface area contributed by atoms with Crippen molar-refractivity contribution in [2.24, 2.45) is 5.92 Å². The van der Waals surface area contributed by atoms with Crippen molar-refractivity contribution >= 4 is 0 Å². The summed E-state index contributed by atoms with van der Waals surface area (Å²) in [5, 5.41) is 0. The van der Waals surface area contributed by atoms with Gasteiger partial charge in [-0.1, -0.05) is 24.3 Å². The maximum atomic E-state index is 3.94. The maximum absolute atomic E-state index is 3.94. The van der Waals surface area contributed by atoms with Gasteiger partial charge in [-0.05, 0) is 44.6 Å². The van der Waals surface area contributed by atoms with E-state index in [1.165, 1.54) is 0 Å². The van der Waals surface area contributed by atoms with Crippen LogP contribution in [0.25, 0.3) is 0 Å². The van der Waals surface area contributed by atoms with Crippen molar-refractivity contribution < 1.29 is 0 Å². The zero-order valence-electron chi connectivity index (χ0n) is 11.5. The lowest BCUT2D eigenvalue weighted by atomic mass is 9.70. The second-order valence-electron chi connectivity index (χ2n) is 4.98. The molecule has 1 nitrogen and oxygen atoms in total. The van der Waals surface area contributed by atoms with Crippen molar-refractivity contribution in [2.75, 3.05) is 13.1 Å². The lowest BCUT2D eigenvalue weighted by molar-refractivity contribution is 0.0338. The molecule has 1 rings (SSSR count). The number of allylic oxidation sites excluding steroid dienone is 1. The Bertz CT molecular complexity index is 273. The summed E-state index contributed by atoms with van der Waals surface area (Å²) >= 11 is 0. The number of nitrogens with zero attached hydrogens (tertiary/aromatic N) is 1. The summed E-state index contributed by atoms with van der Waals surface area (Å²) in [6, 6.07) is 0. The molecule has 0 N–H and O–H groups in total. The smallest absolute Gasteiger partial charge is 0.0315 e. The summed E-state index contributed by atoms with van der Waals surface area (Å²) < 4.78 is 0. The van der Waals surface area contributed by atoms with Gasteiger partial charge in [-0.2, -0.15) is 0 Å². The Morgan fingerprint density at radius 2 is 1.72 bits per heavy atom. The number of hydrogen-bond acceptors (Lipinski definition) is 1. The molecule has 0 aromatic rings. The SMILES string of the molecule is C=CCC1[CH]CCN(CC=C)C1(CC=C)CC=C. The second kappa shape index (κ2) is 7.38. The van der Waals surface area contributed by atoms with Crippen LogP contribution < -0.4 is 0 Å². The molecule has 1 heteroatoms. The van der Waals surface area contributed by atoms with E-state index in [1.54, 1.807) is 0 Å². The molecule has 1 fully saturated rings. The lowest BCUT2D eigenvalue weighted by Gasteiger charge is -2.51. The van der Waals surface area contributed by atoms with E-state index in [0.717, 1.165) is 38.8 Å². The van der Waals surface area contributed by atoms with E-state index in [-0.39, 0.29) is 5.54 Å². The van der Waals surface area contributed by atoms with Crippen LogP contribution in [-0.2, 0) is 0 Å². The average molecular weight is 244 g/mol. The van der Waals surface area contributed by atoms with Crippen LogP contribution in [0.2, 0.25) is 0 Å². The minimum Gasteiger partial charge on any atom is -0.293 e. The van der Waals surface area contributed by atoms with Crippen LogP contribution in [0.3, 0.4) is 0 Å². The van der Waals surface area contributed by atoms with Crippen LogP contribution in [0.1, 0.15) is 25.7 Å². The molecule has 0 aliphatic carbocycles. The zero-order chi connectivity index (χ0) is 13.4. The molecule has 1 radical (unpaired) electrons. The van der Waals surface area contributed by atoms with Crippen LogP contribution in [0.4, 0.5) is 0 Å². The summed E-state index contributed by atoms with van der Waals surface area (Å²) in [5.41, 5.74) is 0.115. The molecule has 1 aliphatic heterocycles. The highest BCUT2D eigenvalue weighted by Gasteiger charge is 2.43. The van der Waals surface area contributed by atoms with Gasteiger partial charge in [0, 0.05) is 12.1 Å². The van der Waals surface area contributed by atoms with E-state index in [0.29, 0.717) is 5.92 Å². The van der Waals surface area contributed by atoms with E-state index in [9.17, 15) is 0 Å². The molecular weight excluding hydrogens is 218 g/mol. The predicted molar refractivity (Wildman–Crippen MR) is 81.4 cm³/mol. The zero-order valence-corrected chi connectivity index (χ0v) is 11.5. The summed E-state index contributed by atoms with van der Waals surface area (Å²) in [7, 11) is 0. The highest BCUT2D eigenvalue weighted by Crippen LogP contribution is 2.41. The highest BCUT2D eigenvalue weighted by molar-refractivity contribution is 5.12. The van der Waals surface area contributed by atoms with Gasteiger partial charge in [0.15, 0.2) is 0 Å². The summed E-state index contributed by atoms with van der Waals surface area (Å²) in [4.78, 5) is 2.54. The van der Waals surface area contributed by atoms with Gasteiger partial charge < -0.3 is 0 Å². The summed E-state index contributed by atoms with van der Waals surface area (Å²) in [6.07, 6.45) is 14.7. The molecule has 0 bridgehead atoms. The van der Waals surface area contributed by atoms with Gasteiger partial charge in [0.25, 0.3) is 0 Å². The number of rotatable bonds is 8. The van der Waals surface area contributed by atoms with Gasteiger partial charge in [-0.25, -0.2) is 0 Å². The largest absolute Gasteiger partial charge is 0.293 e. The third kappa shape index (κ3) is 3.02. The van der Waals surface area contributed by atoms with E-state index >= 15 is 0 Å². The molecule has 0 spiro atoms. The first-order valence-corrected chi connectivity index (χ1v) is 6.77. The van der Waals surface area contributed by atoms with Crippen LogP contribution in [-0.4, -0.2) is 23.5 Å².